The van der Waals surface area contributed by atoms with Gasteiger partial charge in [0.05, 0.1) is 23.4 Å². The van der Waals surface area contributed by atoms with Crippen molar-refractivity contribution in [3.8, 4) is 11.3 Å². The molecule has 0 bridgehead atoms. The van der Waals surface area contributed by atoms with Crippen LogP contribution in [0, 0.1) is 0 Å². The van der Waals surface area contributed by atoms with E-state index in [2.05, 4.69) is 81.1 Å². The predicted molar refractivity (Wildman–Crippen MR) is 110 cm³/mol. The van der Waals surface area contributed by atoms with Crippen molar-refractivity contribution < 1.29 is 17.0 Å². The maximum Gasteiger partial charge on any atom is 0.409 e. The van der Waals surface area contributed by atoms with Gasteiger partial charge in [-0.25, -0.2) is 4.57 Å². The molecule has 0 aliphatic carbocycles. The lowest BCUT2D eigenvalue weighted by atomic mass is 10.1. The quantitative estimate of drug-likeness (QED) is 0.330. The standard InChI is InChI=1S/C20H18BrN4S.ClH/c1-3-25-16-12-8-7-11-15(16)18(19(25)14-9-5-4-6-10-14)22-23-20-24(2)13-17(21)26-20;/h4-13H,3H2,1-2H3;1H/q+1;/p-1. The number of azo groups is 1. The fraction of sp³-hybridized carbons (Fsp3) is 0.150. The van der Waals surface area contributed by atoms with Crippen LogP contribution in [-0.2, 0) is 13.6 Å². The fourth-order valence-electron chi connectivity index (χ4n) is 3.18. The summed E-state index contributed by atoms with van der Waals surface area (Å²) in [7, 11) is 1.98. The molecule has 0 spiro atoms. The number of benzene rings is 2. The summed E-state index contributed by atoms with van der Waals surface area (Å²) in [5, 5.41) is 11.2. The molecular weight excluding hydrogens is 444 g/mol. The number of para-hydroxylation sites is 1. The number of halogens is 2. The van der Waals surface area contributed by atoms with E-state index >= 15 is 0 Å². The Morgan fingerprint density at radius 3 is 2.41 bits per heavy atom. The molecular formula is C20H18BrClN4S. The second-order valence-corrected chi connectivity index (χ2v) is 8.34. The van der Waals surface area contributed by atoms with Crippen molar-refractivity contribution in [2.75, 3.05) is 0 Å². The highest BCUT2D eigenvalue weighted by molar-refractivity contribution is 9.11. The van der Waals surface area contributed by atoms with E-state index in [-0.39, 0.29) is 12.4 Å². The molecule has 0 unspecified atom stereocenters. The van der Waals surface area contributed by atoms with Gasteiger partial charge in [0.25, 0.3) is 0 Å². The molecule has 0 aliphatic heterocycles. The third-order valence-corrected chi connectivity index (χ3v) is 5.87. The Morgan fingerprint density at radius 2 is 1.74 bits per heavy atom. The summed E-state index contributed by atoms with van der Waals surface area (Å²) in [6.45, 7) is 3.04. The van der Waals surface area contributed by atoms with Crippen molar-refractivity contribution in [3.05, 3.63) is 64.6 Å². The Kier molecular flexibility index (Phi) is 6.09. The first-order valence-corrected chi connectivity index (χ1v) is 10.0. The minimum atomic E-state index is 0. The van der Waals surface area contributed by atoms with E-state index in [0.717, 1.165) is 37.8 Å². The molecule has 0 saturated heterocycles. The zero-order chi connectivity index (χ0) is 18.1. The lowest BCUT2D eigenvalue weighted by Crippen LogP contribution is -3.00. The molecule has 7 heteroatoms. The molecule has 0 fully saturated rings. The zero-order valence-electron chi connectivity index (χ0n) is 14.9. The Bertz CT molecular complexity index is 1100. The maximum absolute atomic E-state index is 4.70. The molecule has 0 N–H and O–H groups in total. The number of thiazole rings is 1. The first kappa shape index (κ1) is 19.7. The minimum absolute atomic E-state index is 0. The molecule has 0 radical (unpaired) electrons. The van der Waals surface area contributed by atoms with Crippen LogP contribution in [0.25, 0.3) is 22.2 Å². The van der Waals surface area contributed by atoms with E-state index in [1.807, 2.05) is 23.9 Å². The molecule has 27 heavy (non-hydrogen) atoms. The second kappa shape index (κ2) is 8.33. The molecule has 4 nitrogen and oxygen atoms in total. The van der Waals surface area contributed by atoms with Gasteiger partial charge in [-0.2, -0.15) is 0 Å². The summed E-state index contributed by atoms with van der Waals surface area (Å²) < 4.78 is 5.32. The van der Waals surface area contributed by atoms with Crippen molar-refractivity contribution in [2.24, 2.45) is 17.3 Å². The number of aryl methyl sites for hydroxylation is 2. The highest BCUT2D eigenvalue weighted by atomic mass is 79.9. The van der Waals surface area contributed by atoms with Gasteiger partial charge in [0.2, 0.25) is 0 Å². The highest BCUT2D eigenvalue weighted by Gasteiger charge is 2.20. The van der Waals surface area contributed by atoms with Crippen LogP contribution in [-0.4, -0.2) is 4.57 Å². The topological polar surface area (TPSA) is 33.5 Å². The van der Waals surface area contributed by atoms with Crippen molar-refractivity contribution in [1.82, 2.24) is 4.57 Å². The number of aromatic nitrogens is 2. The number of fused-ring (bicyclic) bond motifs is 1. The second-order valence-electron chi connectivity index (χ2n) is 5.95. The lowest BCUT2D eigenvalue weighted by Gasteiger charge is -2.08. The summed E-state index contributed by atoms with van der Waals surface area (Å²) in [5.41, 5.74) is 4.35. The average molecular weight is 462 g/mol. The summed E-state index contributed by atoms with van der Waals surface area (Å²) in [6, 6.07) is 18.8. The summed E-state index contributed by atoms with van der Waals surface area (Å²) in [6.07, 6.45) is 1.99. The van der Waals surface area contributed by atoms with Crippen LogP contribution >= 0.6 is 27.3 Å². The summed E-state index contributed by atoms with van der Waals surface area (Å²) in [4.78, 5) is 0. The van der Waals surface area contributed by atoms with Gasteiger partial charge in [0, 0.05) is 17.5 Å². The monoisotopic (exact) mass is 460 g/mol. The van der Waals surface area contributed by atoms with Crippen molar-refractivity contribution in [2.45, 2.75) is 13.5 Å². The number of rotatable bonds is 4. The summed E-state index contributed by atoms with van der Waals surface area (Å²) in [5.74, 6) is 0. The van der Waals surface area contributed by atoms with Crippen LogP contribution in [0.15, 0.2) is 74.8 Å². The van der Waals surface area contributed by atoms with E-state index in [0.29, 0.717) is 0 Å². The molecule has 138 valence electrons. The molecule has 0 amide bonds. The van der Waals surface area contributed by atoms with Gasteiger partial charge in [-0.05, 0) is 45.4 Å². The Labute approximate surface area is 176 Å². The summed E-state index contributed by atoms with van der Waals surface area (Å²) >= 11 is 5.07. The SMILES string of the molecule is CCn1c(-c2ccccc2)c(/N=N/c2sc(Br)c[n+]2C)c2ccccc21.[Cl-]. The molecule has 0 atom stereocenters. The average Bonchev–Trinajstić information content (AvgIpc) is 3.16. The van der Waals surface area contributed by atoms with E-state index < -0.39 is 0 Å². The Morgan fingerprint density at radius 1 is 1.04 bits per heavy atom. The van der Waals surface area contributed by atoms with Crippen molar-refractivity contribution >= 4 is 49.0 Å². The fourth-order valence-corrected chi connectivity index (χ4v) is 4.59. The third-order valence-electron chi connectivity index (χ3n) is 4.33. The van der Waals surface area contributed by atoms with Crippen LogP contribution in [0.2, 0.25) is 0 Å². The predicted octanol–water partition coefficient (Wildman–Crippen LogP) is 3.40. The Hall–Kier alpha value is -2.02. The molecule has 0 aliphatic rings. The number of hydrogen-bond donors (Lipinski definition) is 0. The smallest absolute Gasteiger partial charge is 0.409 e. The lowest BCUT2D eigenvalue weighted by molar-refractivity contribution is -0.654. The first-order chi connectivity index (χ1) is 12.7. The third kappa shape index (κ3) is 3.70. The van der Waals surface area contributed by atoms with Gasteiger partial charge in [-0.15, -0.1) is 0 Å². The van der Waals surface area contributed by atoms with E-state index in [9.17, 15) is 0 Å². The van der Waals surface area contributed by atoms with Gasteiger partial charge in [0.1, 0.15) is 15.7 Å². The van der Waals surface area contributed by atoms with Gasteiger partial charge >= 0.3 is 5.13 Å². The Balaban J connectivity index is 0.00000210. The molecule has 4 aromatic rings. The van der Waals surface area contributed by atoms with Crippen LogP contribution in [0.4, 0.5) is 10.8 Å². The van der Waals surface area contributed by atoms with E-state index in [1.54, 1.807) is 11.3 Å². The molecule has 2 aromatic heterocycles. The van der Waals surface area contributed by atoms with Gasteiger partial charge < -0.3 is 17.0 Å². The van der Waals surface area contributed by atoms with Crippen LogP contribution < -0.4 is 17.0 Å². The molecule has 2 heterocycles. The van der Waals surface area contributed by atoms with Gasteiger partial charge in [0.15, 0.2) is 0 Å². The molecule has 4 rings (SSSR count). The van der Waals surface area contributed by atoms with E-state index in [1.165, 1.54) is 5.52 Å². The maximum atomic E-state index is 4.70. The van der Waals surface area contributed by atoms with Crippen molar-refractivity contribution in [1.29, 1.82) is 0 Å². The van der Waals surface area contributed by atoms with E-state index in [4.69, 9.17) is 5.11 Å². The van der Waals surface area contributed by atoms with Crippen LogP contribution in [0.3, 0.4) is 0 Å². The number of hydrogen-bond acceptors (Lipinski definition) is 3. The van der Waals surface area contributed by atoms with Crippen LogP contribution in [0.5, 0.6) is 0 Å². The first-order valence-electron chi connectivity index (χ1n) is 8.42. The normalized spacial score (nSPS) is 11.2. The van der Waals surface area contributed by atoms with Gasteiger partial charge in [-0.3, -0.25) is 0 Å². The largest absolute Gasteiger partial charge is 1.00 e. The van der Waals surface area contributed by atoms with Crippen LogP contribution in [0.1, 0.15) is 6.92 Å². The number of nitrogens with zero attached hydrogens (tertiary/aromatic N) is 4. The highest BCUT2D eigenvalue weighted by Crippen LogP contribution is 2.41. The molecule has 0 saturated carbocycles. The zero-order valence-corrected chi connectivity index (χ0v) is 18.1. The molecule has 2 aromatic carbocycles. The van der Waals surface area contributed by atoms with Crippen molar-refractivity contribution in [3.63, 3.8) is 0 Å². The minimum Gasteiger partial charge on any atom is -1.00 e. The van der Waals surface area contributed by atoms with Gasteiger partial charge in [-0.1, -0.05) is 48.5 Å².